The number of hydrogen-bond acceptors (Lipinski definition) is 6. The molecule has 0 N–H and O–H groups in total. The average Bonchev–Trinajstić information content (AvgIpc) is 3.13. The van der Waals surface area contributed by atoms with Gasteiger partial charge in [0.15, 0.2) is 6.29 Å². The predicted octanol–water partition coefficient (Wildman–Crippen LogP) is 7.62. The molecule has 3 atom stereocenters. The van der Waals surface area contributed by atoms with Crippen LogP contribution in [-0.4, -0.2) is 40.6 Å². The number of ether oxygens (including phenoxy) is 4. The summed E-state index contributed by atoms with van der Waals surface area (Å²) in [7, 11) is -2.49. The lowest BCUT2D eigenvalue weighted by Crippen LogP contribution is -2.45. The minimum atomic E-state index is -4.02. The molecule has 0 amide bonds. The summed E-state index contributed by atoms with van der Waals surface area (Å²) in [4.78, 5) is 0.233. The Bertz CT molecular complexity index is 1760. The van der Waals surface area contributed by atoms with Crippen molar-refractivity contribution in [2.45, 2.75) is 42.5 Å². The lowest BCUT2D eigenvalue weighted by Gasteiger charge is -2.39. The van der Waals surface area contributed by atoms with Gasteiger partial charge in [-0.05, 0) is 47.4 Å². The van der Waals surface area contributed by atoms with E-state index < -0.39 is 33.9 Å². The summed E-state index contributed by atoms with van der Waals surface area (Å²) < 4.78 is 54.2. The molecule has 7 heteroatoms. The van der Waals surface area contributed by atoms with Crippen LogP contribution in [0.1, 0.15) is 27.8 Å². The van der Waals surface area contributed by atoms with Crippen LogP contribution in [0.4, 0.5) is 0 Å². The van der Waals surface area contributed by atoms with Gasteiger partial charge in [0.1, 0.15) is 17.8 Å². The maximum atomic E-state index is 14.4. The van der Waals surface area contributed by atoms with Crippen molar-refractivity contribution in [1.29, 1.82) is 0 Å². The maximum Gasteiger partial charge on any atom is 0.205 e. The third-order valence-electron chi connectivity index (χ3n) is 8.36. The molecule has 1 aliphatic heterocycles. The Kier molecular flexibility index (Phi) is 10.1. The highest BCUT2D eigenvalue weighted by molar-refractivity contribution is 7.95. The molecule has 5 aromatic rings. The monoisotopic (exact) mass is 646 g/mol. The molecule has 1 aliphatic rings. The molecule has 47 heavy (non-hydrogen) atoms. The van der Waals surface area contributed by atoms with Gasteiger partial charge in [0.25, 0.3) is 0 Å². The highest BCUT2D eigenvalue weighted by Gasteiger charge is 2.43. The Balaban J connectivity index is 1.43. The first-order valence-electron chi connectivity index (χ1n) is 15.6. The molecule has 0 saturated carbocycles. The standard InChI is InChI=1S/C40H38O6S/c1-30-23-25-35(26-24-30)47(41,42)38-27-36(44-28-31-15-7-3-8-16-31)39(43-2)46-37(38)29-45-40(32-17-9-4-10-18-32,33-19-11-5-12-20-33)34-21-13-6-14-22-34/h3-27,36-37,39H,28-29H2,1-2H3/t36-,37-,39+/m1/s1. The molecule has 0 aliphatic carbocycles. The van der Waals surface area contributed by atoms with Gasteiger partial charge in [0.05, 0.1) is 23.0 Å². The van der Waals surface area contributed by atoms with Gasteiger partial charge in [0.2, 0.25) is 9.84 Å². The van der Waals surface area contributed by atoms with E-state index in [9.17, 15) is 8.42 Å². The zero-order valence-corrected chi connectivity index (χ0v) is 27.3. The van der Waals surface area contributed by atoms with Crippen LogP contribution in [0.3, 0.4) is 0 Å². The summed E-state index contributed by atoms with van der Waals surface area (Å²) in [5.74, 6) is 0. The van der Waals surface area contributed by atoms with Crippen molar-refractivity contribution in [3.63, 3.8) is 0 Å². The molecule has 0 spiro atoms. The molecule has 0 radical (unpaired) electrons. The Morgan fingerprint density at radius 3 is 1.66 bits per heavy atom. The first kappa shape index (κ1) is 32.6. The predicted molar refractivity (Wildman–Crippen MR) is 182 cm³/mol. The van der Waals surface area contributed by atoms with Crippen LogP contribution in [-0.2, 0) is 41.0 Å². The van der Waals surface area contributed by atoms with Crippen LogP contribution in [0.25, 0.3) is 0 Å². The molecule has 240 valence electrons. The van der Waals surface area contributed by atoms with Crippen LogP contribution in [0.5, 0.6) is 0 Å². The lowest BCUT2D eigenvalue weighted by molar-refractivity contribution is -0.217. The summed E-state index contributed by atoms with van der Waals surface area (Å²) in [6, 6.07) is 46.3. The number of methoxy groups -OCH3 is 1. The SMILES string of the molecule is CO[C@H]1O[C@H](COC(c2ccccc2)(c2ccccc2)c2ccccc2)C(S(=O)(=O)c2ccc(C)cc2)=C[C@H]1OCc1ccccc1. The molecule has 0 bridgehead atoms. The summed E-state index contributed by atoms with van der Waals surface area (Å²) in [5, 5.41) is 0. The van der Waals surface area contributed by atoms with Crippen molar-refractivity contribution in [2.75, 3.05) is 13.7 Å². The number of hydrogen-bond donors (Lipinski definition) is 0. The lowest BCUT2D eigenvalue weighted by atomic mass is 9.80. The van der Waals surface area contributed by atoms with E-state index in [-0.39, 0.29) is 23.0 Å². The molecule has 0 unspecified atom stereocenters. The smallest absolute Gasteiger partial charge is 0.205 e. The van der Waals surface area contributed by atoms with Crippen molar-refractivity contribution >= 4 is 9.84 Å². The van der Waals surface area contributed by atoms with Gasteiger partial charge in [0, 0.05) is 7.11 Å². The largest absolute Gasteiger partial charge is 0.364 e. The second-order valence-electron chi connectivity index (χ2n) is 11.5. The molecule has 1 heterocycles. The fourth-order valence-electron chi connectivity index (χ4n) is 5.94. The van der Waals surface area contributed by atoms with Gasteiger partial charge in [-0.1, -0.05) is 139 Å². The van der Waals surface area contributed by atoms with Crippen molar-refractivity contribution in [3.8, 4) is 0 Å². The zero-order chi connectivity index (χ0) is 32.7. The van der Waals surface area contributed by atoms with Gasteiger partial charge < -0.3 is 18.9 Å². The molecular weight excluding hydrogens is 609 g/mol. The highest BCUT2D eigenvalue weighted by Crippen LogP contribution is 2.42. The number of benzene rings is 5. The van der Waals surface area contributed by atoms with E-state index in [2.05, 4.69) is 0 Å². The molecule has 5 aromatic carbocycles. The second kappa shape index (κ2) is 14.6. The summed E-state index contributed by atoms with van der Waals surface area (Å²) in [6.07, 6.45) is -1.03. The first-order chi connectivity index (χ1) is 22.9. The normalized spacial score (nSPS) is 18.4. The van der Waals surface area contributed by atoms with Crippen molar-refractivity contribution in [3.05, 3.63) is 184 Å². The van der Waals surface area contributed by atoms with Gasteiger partial charge in [-0.15, -0.1) is 0 Å². The van der Waals surface area contributed by atoms with E-state index in [1.54, 1.807) is 30.3 Å². The third-order valence-corrected chi connectivity index (χ3v) is 10.3. The van der Waals surface area contributed by atoms with Crippen LogP contribution >= 0.6 is 0 Å². The Hall–Kier alpha value is -4.37. The van der Waals surface area contributed by atoms with E-state index in [1.165, 1.54) is 7.11 Å². The van der Waals surface area contributed by atoms with Crippen molar-refractivity contribution < 1.29 is 27.4 Å². The minimum absolute atomic E-state index is 0.0656. The van der Waals surface area contributed by atoms with E-state index >= 15 is 0 Å². The third kappa shape index (κ3) is 7.00. The minimum Gasteiger partial charge on any atom is -0.364 e. The van der Waals surface area contributed by atoms with E-state index in [1.807, 2.05) is 128 Å². The molecule has 6 rings (SSSR count). The van der Waals surface area contributed by atoms with E-state index in [0.29, 0.717) is 0 Å². The van der Waals surface area contributed by atoms with Gasteiger partial charge in [-0.25, -0.2) is 8.42 Å². The molecule has 0 saturated heterocycles. The molecule has 0 aromatic heterocycles. The van der Waals surface area contributed by atoms with Gasteiger partial charge in [-0.2, -0.15) is 0 Å². The Morgan fingerprint density at radius 2 is 1.17 bits per heavy atom. The number of rotatable bonds is 12. The van der Waals surface area contributed by atoms with Crippen molar-refractivity contribution in [1.82, 2.24) is 0 Å². The fourth-order valence-corrected chi connectivity index (χ4v) is 7.49. The quantitative estimate of drug-likeness (QED) is 0.130. The summed E-state index contributed by atoms with van der Waals surface area (Å²) in [6.45, 7) is 2.08. The molecule has 6 nitrogen and oxygen atoms in total. The van der Waals surface area contributed by atoms with Crippen LogP contribution < -0.4 is 0 Å². The van der Waals surface area contributed by atoms with E-state index in [0.717, 1.165) is 27.8 Å². The zero-order valence-electron chi connectivity index (χ0n) is 26.4. The fraction of sp³-hybridized carbons (Fsp3) is 0.200. The molecule has 0 fully saturated rings. The number of sulfone groups is 1. The first-order valence-corrected chi connectivity index (χ1v) is 17.1. The number of aryl methyl sites for hydroxylation is 1. The summed E-state index contributed by atoms with van der Waals surface area (Å²) >= 11 is 0. The van der Waals surface area contributed by atoms with Gasteiger partial charge in [-0.3, -0.25) is 0 Å². The Labute approximate surface area is 277 Å². The van der Waals surface area contributed by atoms with Crippen molar-refractivity contribution in [2.24, 2.45) is 0 Å². The average molecular weight is 647 g/mol. The maximum absolute atomic E-state index is 14.4. The van der Waals surface area contributed by atoms with Gasteiger partial charge >= 0.3 is 0 Å². The molecular formula is C40H38O6S. The van der Waals surface area contributed by atoms with Crippen LogP contribution in [0, 0.1) is 6.92 Å². The Morgan fingerprint density at radius 1 is 0.681 bits per heavy atom. The second-order valence-corrected chi connectivity index (χ2v) is 13.4. The highest BCUT2D eigenvalue weighted by atomic mass is 32.2. The van der Waals surface area contributed by atoms with Crippen LogP contribution in [0.2, 0.25) is 0 Å². The van der Waals surface area contributed by atoms with Crippen LogP contribution in [0.15, 0.2) is 161 Å². The van der Waals surface area contributed by atoms with E-state index in [4.69, 9.17) is 18.9 Å². The topological polar surface area (TPSA) is 71.1 Å². The summed E-state index contributed by atoms with van der Waals surface area (Å²) in [5.41, 5.74) is 3.52.